The SMILES string of the molecule is CC(=O)C(=O)COc1ccc(C[C@@H](C[C@H](O)[C@H](Cc2ccccc2)NC(=O)OC(C)(C)C)C(=O)N[C@H]2c3ccccc3C[C@H]2O)cc1. The number of benzene rings is 3. The van der Waals surface area contributed by atoms with Gasteiger partial charge in [0.15, 0.2) is 12.4 Å². The molecule has 5 atom stereocenters. The average Bonchev–Trinajstić information content (AvgIpc) is 3.33. The standard InChI is InChI=1S/C37H44N2O8/c1-23(40)33(43)22-46-28-16-14-25(15-17-28)18-27(35(44)39-34-29-13-9-8-12-26(29)20-32(34)42)21-31(41)30(19-24-10-6-5-7-11-24)38-36(45)47-37(2,3)4/h5-17,27,30-32,34,41-42H,18-22H2,1-4H3,(H,38,45)(H,39,44)/t27-,30-,31-,32+,34-/m0/s1. The monoisotopic (exact) mass is 644 g/mol. The molecule has 1 aliphatic carbocycles. The van der Waals surface area contributed by atoms with Gasteiger partial charge in [-0.1, -0.05) is 66.7 Å². The first-order valence-electron chi connectivity index (χ1n) is 15.8. The topological polar surface area (TPSA) is 151 Å². The minimum atomic E-state index is -1.14. The van der Waals surface area contributed by atoms with E-state index in [9.17, 15) is 29.4 Å². The second-order valence-corrected chi connectivity index (χ2v) is 13.0. The number of aliphatic hydroxyl groups is 2. The predicted molar refractivity (Wildman–Crippen MR) is 176 cm³/mol. The van der Waals surface area contributed by atoms with Crippen molar-refractivity contribution in [2.45, 2.75) is 83.3 Å². The number of nitrogens with one attached hydrogen (secondary N) is 2. The summed E-state index contributed by atoms with van der Waals surface area (Å²) in [7, 11) is 0. The van der Waals surface area contributed by atoms with Crippen molar-refractivity contribution in [1.82, 2.24) is 10.6 Å². The highest BCUT2D eigenvalue weighted by Crippen LogP contribution is 2.32. The lowest BCUT2D eigenvalue weighted by molar-refractivity contribution is -0.136. The van der Waals surface area contributed by atoms with E-state index < -0.39 is 53.5 Å². The van der Waals surface area contributed by atoms with E-state index in [1.807, 2.05) is 54.6 Å². The Morgan fingerprint density at radius 2 is 1.53 bits per heavy atom. The van der Waals surface area contributed by atoms with E-state index >= 15 is 0 Å². The van der Waals surface area contributed by atoms with Crippen molar-refractivity contribution < 1.29 is 38.9 Å². The molecule has 0 saturated heterocycles. The highest BCUT2D eigenvalue weighted by atomic mass is 16.6. The third kappa shape index (κ3) is 10.5. The number of fused-ring (bicyclic) bond motifs is 1. The molecule has 0 spiro atoms. The summed E-state index contributed by atoms with van der Waals surface area (Å²) in [4.78, 5) is 49.7. The van der Waals surface area contributed by atoms with Crippen molar-refractivity contribution >= 4 is 23.6 Å². The maximum Gasteiger partial charge on any atom is 0.407 e. The van der Waals surface area contributed by atoms with Crippen LogP contribution in [0.3, 0.4) is 0 Å². The molecule has 0 heterocycles. The largest absolute Gasteiger partial charge is 0.485 e. The summed E-state index contributed by atoms with van der Waals surface area (Å²) < 4.78 is 10.9. The van der Waals surface area contributed by atoms with Crippen LogP contribution >= 0.6 is 0 Å². The van der Waals surface area contributed by atoms with Gasteiger partial charge in [0.25, 0.3) is 0 Å². The van der Waals surface area contributed by atoms with Gasteiger partial charge in [-0.25, -0.2) is 4.79 Å². The van der Waals surface area contributed by atoms with Gasteiger partial charge in [-0.3, -0.25) is 14.4 Å². The van der Waals surface area contributed by atoms with E-state index in [1.54, 1.807) is 45.0 Å². The van der Waals surface area contributed by atoms with E-state index in [0.717, 1.165) is 22.3 Å². The molecule has 0 bridgehead atoms. The van der Waals surface area contributed by atoms with E-state index in [4.69, 9.17) is 9.47 Å². The molecule has 10 nitrogen and oxygen atoms in total. The number of hydrogen-bond acceptors (Lipinski definition) is 8. The molecule has 0 unspecified atom stereocenters. The molecule has 3 aromatic rings. The van der Waals surface area contributed by atoms with E-state index in [1.165, 1.54) is 6.92 Å². The molecule has 10 heteroatoms. The smallest absolute Gasteiger partial charge is 0.407 e. The fourth-order valence-electron chi connectivity index (χ4n) is 5.62. The summed E-state index contributed by atoms with van der Waals surface area (Å²) in [5, 5.41) is 28.3. The Bertz CT molecular complexity index is 1530. The van der Waals surface area contributed by atoms with Gasteiger partial charge in [0.1, 0.15) is 11.4 Å². The van der Waals surface area contributed by atoms with Crippen LogP contribution in [-0.2, 0) is 38.4 Å². The Morgan fingerprint density at radius 3 is 2.19 bits per heavy atom. The van der Waals surface area contributed by atoms with Gasteiger partial charge in [-0.05, 0) is 74.4 Å². The molecule has 0 aliphatic heterocycles. The number of Topliss-reactive ketones (excluding diaryl/α,β-unsaturated/α-hetero) is 2. The minimum Gasteiger partial charge on any atom is -0.485 e. The number of ether oxygens (including phenoxy) is 2. The molecule has 0 saturated carbocycles. The third-order valence-corrected chi connectivity index (χ3v) is 8.03. The quantitative estimate of drug-likeness (QED) is 0.192. The molecule has 0 fully saturated rings. The summed E-state index contributed by atoms with van der Waals surface area (Å²) in [6.07, 6.45) is -1.67. The minimum absolute atomic E-state index is 0.00500. The zero-order valence-electron chi connectivity index (χ0n) is 27.3. The van der Waals surface area contributed by atoms with Crippen LogP contribution < -0.4 is 15.4 Å². The average molecular weight is 645 g/mol. The van der Waals surface area contributed by atoms with Crippen molar-refractivity contribution in [3.8, 4) is 5.75 Å². The Kier molecular flexibility index (Phi) is 11.9. The zero-order chi connectivity index (χ0) is 34.1. The Hall–Kier alpha value is -4.54. The summed E-state index contributed by atoms with van der Waals surface area (Å²) >= 11 is 0. The molecule has 250 valence electrons. The van der Waals surface area contributed by atoms with Gasteiger partial charge in [-0.15, -0.1) is 0 Å². The lowest BCUT2D eigenvalue weighted by Gasteiger charge is -2.29. The maximum absolute atomic E-state index is 14.0. The number of hydrogen-bond donors (Lipinski definition) is 4. The maximum atomic E-state index is 14.0. The summed E-state index contributed by atoms with van der Waals surface area (Å²) in [6.45, 7) is 6.07. The van der Waals surface area contributed by atoms with Crippen LogP contribution in [0.1, 0.15) is 62.4 Å². The van der Waals surface area contributed by atoms with Crippen LogP contribution in [0.5, 0.6) is 5.75 Å². The van der Waals surface area contributed by atoms with Crippen LogP contribution in [0.2, 0.25) is 0 Å². The fourth-order valence-corrected chi connectivity index (χ4v) is 5.62. The first kappa shape index (κ1) is 35.3. The summed E-state index contributed by atoms with van der Waals surface area (Å²) in [6, 6.07) is 22.4. The van der Waals surface area contributed by atoms with Gasteiger partial charge in [0.2, 0.25) is 11.7 Å². The van der Waals surface area contributed by atoms with Crippen LogP contribution in [-0.4, -0.2) is 64.2 Å². The number of alkyl carbamates (subject to hydrolysis) is 1. The summed E-state index contributed by atoms with van der Waals surface area (Å²) in [5.41, 5.74) is 2.71. The molecule has 0 radical (unpaired) electrons. The zero-order valence-corrected chi connectivity index (χ0v) is 27.3. The van der Waals surface area contributed by atoms with Gasteiger partial charge < -0.3 is 30.3 Å². The van der Waals surface area contributed by atoms with Gasteiger partial charge in [0, 0.05) is 19.3 Å². The Labute approximate surface area is 275 Å². The number of ketones is 2. The Balaban J connectivity index is 1.56. The van der Waals surface area contributed by atoms with Crippen molar-refractivity contribution in [3.63, 3.8) is 0 Å². The van der Waals surface area contributed by atoms with E-state index in [-0.39, 0.29) is 25.4 Å². The molecule has 0 aromatic heterocycles. The summed E-state index contributed by atoms with van der Waals surface area (Å²) in [5.74, 6) is -1.95. The lowest BCUT2D eigenvalue weighted by atomic mass is 9.88. The number of aliphatic hydroxyl groups excluding tert-OH is 2. The highest BCUT2D eigenvalue weighted by molar-refractivity contribution is 6.36. The molecular weight excluding hydrogens is 600 g/mol. The van der Waals surface area contributed by atoms with Crippen molar-refractivity contribution in [2.24, 2.45) is 5.92 Å². The molecule has 1 aliphatic rings. The number of amides is 2. The van der Waals surface area contributed by atoms with Crippen LogP contribution in [0.25, 0.3) is 0 Å². The van der Waals surface area contributed by atoms with E-state index in [0.29, 0.717) is 18.6 Å². The first-order valence-corrected chi connectivity index (χ1v) is 15.8. The second kappa shape index (κ2) is 15.8. The van der Waals surface area contributed by atoms with Crippen molar-refractivity contribution in [3.05, 3.63) is 101 Å². The predicted octanol–water partition coefficient (Wildman–Crippen LogP) is 4.04. The highest BCUT2D eigenvalue weighted by Gasteiger charge is 2.35. The van der Waals surface area contributed by atoms with Gasteiger partial charge >= 0.3 is 6.09 Å². The molecule has 3 aromatic carbocycles. The molecule has 2 amide bonds. The van der Waals surface area contributed by atoms with Crippen molar-refractivity contribution in [1.29, 1.82) is 0 Å². The second-order valence-electron chi connectivity index (χ2n) is 13.0. The molecule has 4 rings (SSSR count). The molecule has 47 heavy (non-hydrogen) atoms. The lowest BCUT2D eigenvalue weighted by Crippen LogP contribution is -2.48. The van der Waals surface area contributed by atoms with Crippen molar-refractivity contribution in [2.75, 3.05) is 6.61 Å². The molecular formula is C37H44N2O8. The van der Waals surface area contributed by atoms with Gasteiger partial charge in [0.05, 0.1) is 24.3 Å². The fraction of sp³-hybridized carbons (Fsp3) is 0.405. The third-order valence-electron chi connectivity index (χ3n) is 8.03. The number of carbonyl (C=O) groups excluding carboxylic acids is 4. The van der Waals surface area contributed by atoms with Crippen LogP contribution in [0.15, 0.2) is 78.9 Å². The Morgan fingerprint density at radius 1 is 0.894 bits per heavy atom. The number of carbonyl (C=O) groups is 4. The van der Waals surface area contributed by atoms with Crippen LogP contribution in [0.4, 0.5) is 4.79 Å². The van der Waals surface area contributed by atoms with Crippen LogP contribution in [0, 0.1) is 5.92 Å². The number of rotatable bonds is 14. The molecule has 4 N–H and O–H groups in total. The first-order chi connectivity index (χ1) is 22.3. The van der Waals surface area contributed by atoms with Gasteiger partial charge in [-0.2, -0.15) is 0 Å². The van der Waals surface area contributed by atoms with E-state index in [2.05, 4.69) is 10.6 Å². The normalized spacial score (nSPS) is 17.5.